The minimum absolute atomic E-state index is 0.0133. The fourth-order valence-electron chi connectivity index (χ4n) is 2.19. The molecule has 6 nitrogen and oxygen atoms in total. The lowest BCUT2D eigenvalue weighted by molar-refractivity contribution is -0.122. The predicted molar refractivity (Wildman–Crippen MR) is 97.4 cm³/mol. The van der Waals surface area contributed by atoms with E-state index in [1.165, 1.54) is 30.3 Å². The van der Waals surface area contributed by atoms with Crippen molar-refractivity contribution in [3.8, 4) is 5.75 Å². The highest BCUT2D eigenvalue weighted by molar-refractivity contribution is 7.92. The number of halogens is 3. The average molecular weight is 422 g/mol. The Morgan fingerprint density at radius 2 is 1.76 bits per heavy atom. The molecule has 1 aliphatic rings. The Kier molecular flexibility index (Phi) is 4.76. The molecule has 0 radical (unpaired) electrons. The van der Waals surface area contributed by atoms with Crippen LogP contribution in [-0.4, -0.2) is 20.4 Å². The highest BCUT2D eigenvalue weighted by Crippen LogP contribution is 2.36. The van der Waals surface area contributed by atoms with Crippen LogP contribution in [0.4, 0.5) is 11.4 Å². The van der Waals surface area contributed by atoms with Crippen molar-refractivity contribution in [2.45, 2.75) is 17.9 Å². The summed E-state index contributed by atoms with van der Waals surface area (Å²) in [7, 11) is -4.00. The van der Waals surface area contributed by atoms with E-state index >= 15 is 0 Å². The molecule has 1 heterocycles. The van der Waals surface area contributed by atoms with E-state index in [0.717, 1.165) is 0 Å². The van der Waals surface area contributed by atoms with Crippen molar-refractivity contribution in [3.63, 3.8) is 0 Å². The van der Waals surface area contributed by atoms with Crippen molar-refractivity contribution in [1.29, 1.82) is 0 Å². The van der Waals surface area contributed by atoms with Crippen LogP contribution in [0.25, 0.3) is 0 Å². The SMILES string of the molecule is CC1Oc2ccc(S(=O)(=O)Nc3c(Cl)cc(Cl)cc3Cl)cc2NC1=O. The molecule has 2 aromatic carbocycles. The number of fused-ring (bicyclic) bond motifs is 1. The molecule has 0 spiro atoms. The first-order valence-electron chi connectivity index (χ1n) is 6.96. The van der Waals surface area contributed by atoms with E-state index in [-0.39, 0.29) is 37.2 Å². The molecule has 1 unspecified atom stereocenters. The number of sulfonamides is 1. The van der Waals surface area contributed by atoms with Crippen LogP contribution in [0.3, 0.4) is 0 Å². The van der Waals surface area contributed by atoms with E-state index in [2.05, 4.69) is 10.0 Å². The molecule has 0 fully saturated rings. The van der Waals surface area contributed by atoms with Gasteiger partial charge in [-0.3, -0.25) is 9.52 Å². The fourth-order valence-corrected chi connectivity index (χ4v) is 4.34. The fraction of sp³-hybridized carbons (Fsp3) is 0.133. The second-order valence-corrected chi connectivity index (χ2v) is 8.19. The number of nitrogens with one attached hydrogen (secondary N) is 2. The lowest BCUT2D eigenvalue weighted by Crippen LogP contribution is -2.34. The zero-order valence-corrected chi connectivity index (χ0v) is 15.7. The molecule has 1 atom stereocenters. The first-order valence-corrected chi connectivity index (χ1v) is 9.58. The molecule has 3 rings (SSSR count). The second-order valence-electron chi connectivity index (χ2n) is 5.26. The number of carbonyl (C=O) groups is 1. The van der Waals surface area contributed by atoms with Gasteiger partial charge >= 0.3 is 0 Å². The number of anilines is 2. The van der Waals surface area contributed by atoms with Gasteiger partial charge in [0.15, 0.2) is 6.10 Å². The Morgan fingerprint density at radius 3 is 2.40 bits per heavy atom. The number of ether oxygens (including phenoxy) is 1. The molecule has 0 aliphatic carbocycles. The van der Waals surface area contributed by atoms with Crippen LogP contribution in [0, 0.1) is 0 Å². The summed E-state index contributed by atoms with van der Waals surface area (Å²) >= 11 is 17.8. The van der Waals surface area contributed by atoms with Crippen LogP contribution in [0.2, 0.25) is 15.1 Å². The zero-order valence-electron chi connectivity index (χ0n) is 12.6. The highest BCUT2D eigenvalue weighted by Gasteiger charge is 2.26. The van der Waals surface area contributed by atoms with Crippen molar-refractivity contribution in [1.82, 2.24) is 0 Å². The standard InChI is InChI=1S/C15H11Cl3N2O4S/c1-7-15(21)19-12-6-9(2-3-13(12)24-7)25(22,23)20-14-10(17)4-8(16)5-11(14)18/h2-7,20H,1H3,(H,19,21). The van der Waals surface area contributed by atoms with Gasteiger partial charge in [-0.15, -0.1) is 0 Å². The van der Waals surface area contributed by atoms with E-state index in [1.807, 2.05) is 0 Å². The van der Waals surface area contributed by atoms with E-state index in [1.54, 1.807) is 6.92 Å². The first kappa shape index (κ1) is 18.1. The van der Waals surface area contributed by atoms with Crippen molar-refractivity contribution in [3.05, 3.63) is 45.4 Å². The number of benzene rings is 2. The summed E-state index contributed by atoms with van der Waals surface area (Å²) in [5.74, 6) is 0.0207. The van der Waals surface area contributed by atoms with Gasteiger partial charge in [0.05, 0.1) is 26.3 Å². The molecule has 10 heteroatoms. The van der Waals surface area contributed by atoms with Gasteiger partial charge in [0.25, 0.3) is 15.9 Å². The first-order chi connectivity index (χ1) is 11.7. The van der Waals surface area contributed by atoms with Gasteiger partial charge in [0.2, 0.25) is 0 Å². The van der Waals surface area contributed by atoms with Crippen LogP contribution < -0.4 is 14.8 Å². The number of hydrogen-bond donors (Lipinski definition) is 2. The van der Waals surface area contributed by atoms with Crippen LogP contribution in [0.15, 0.2) is 35.2 Å². The average Bonchev–Trinajstić information content (AvgIpc) is 2.51. The largest absolute Gasteiger partial charge is 0.479 e. The van der Waals surface area contributed by atoms with E-state index in [9.17, 15) is 13.2 Å². The molecule has 0 aromatic heterocycles. The molecule has 0 saturated heterocycles. The van der Waals surface area contributed by atoms with E-state index in [0.29, 0.717) is 5.75 Å². The highest BCUT2D eigenvalue weighted by atomic mass is 35.5. The quantitative estimate of drug-likeness (QED) is 0.779. The topological polar surface area (TPSA) is 84.5 Å². The Bertz CT molecular complexity index is 956. The van der Waals surface area contributed by atoms with Gasteiger partial charge < -0.3 is 10.1 Å². The Morgan fingerprint density at radius 1 is 1.12 bits per heavy atom. The van der Waals surface area contributed by atoms with Crippen molar-refractivity contribution < 1.29 is 17.9 Å². The smallest absolute Gasteiger partial charge is 0.265 e. The van der Waals surface area contributed by atoms with Gasteiger partial charge in [-0.05, 0) is 37.3 Å². The lowest BCUT2D eigenvalue weighted by atomic mass is 10.2. The molecule has 0 saturated carbocycles. The summed E-state index contributed by atoms with van der Waals surface area (Å²) in [5, 5.41) is 2.99. The molecular weight excluding hydrogens is 411 g/mol. The maximum atomic E-state index is 12.6. The van der Waals surface area contributed by atoms with Crippen LogP contribution in [0.5, 0.6) is 5.75 Å². The molecular formula is C15H11Cl3N2O4S. The second kappa shape index (κ2) is 6.57. The lowest BCUT2D eigenvalue weighted by Gasteiger charge is -2.23. The summed E-state index contributed by atoms with van der Waals surface area (Å²) in [6.07, 6.45) is -0.653. The summed E-state index contributed by atoms with van der Waals surface area (Å²) in [4.78, 5) is 11.6. The van der Waals surface area contributed by atoms with Gasteiger partial charge in [-0.2, -0.15) is 0 Å². The maximum absolute atomic E-state index is 12.6. The third-order valence-electron chi connectivity index (χ3n) is 3.44. The molecule has 132 valence electrons. The number of rotatable bonds is 3. The molecule has 1 aliphatic heterocycles. The van der Waals surface area contributed by atoms with Gasteiger partial charge in [0.1, 0.15) is 5.75 Å². The number of amides is 1. The third-order valence-corrected chi connectivity index (χ3v) is 5.60. The summed E-state index contributed by atoms with van der Waals surface area (Å²) in [6.45, 7) is 1.59. The van der Waals surface area contributed by atoms with Crippen LogP contribution in [0.1, 0.15) is 6.92 Å². The summed E-state index contributed by atoms with van der Waals surface area (Å²) in [5.41, 5.74) is 0.277. The normalized spacial score (nSPS) is 16.6. The van der Waals surface area contributed by atoms with E-state index in [4.69, 9.17) is 39.5 Å². The summed E-state index contributed by atoms with van der Waals surface area (Å²) < 4.78 is 32.9. The van der Waals surface area contributed by atoms with Crippen molar-refractivity contribution in [2.24, 2.45) is 0 Å². The Labute approximate surface area is 159 Å². The van der Waals surface area contributed by atoms with Crippen LogP contribution >= 0.6 is 34.8 Å². The molecule has 2 aromatic rings. The van der Waals surface area contributed by atoms with Crippen molar-refractivity contribution >= 4 is 62.1 Å². The Hall–Kier alpha value is -1.67. The monoisotopic (exact) mass is 420 g/mol. The van der Waals surface area contributed by atoms with Crippen LogP contribution in [-0.2, 0) is 14.8 Å². The Balaban J connectivity index is 1.97. The molecule has 2 N–H and O–H groups in total. The minimum atomic E-state index is -4.00. The van der Waals surface area contributed by atoms with E-state index < -0.39 is 16.1 Å². The third kappa shape index (κ3) is 3.64. The maximum Gasteiger partial charge on any atom is 0.265 e. The van der Waals surface area contributed by atoms with Gasteiger partial charge in [0, 0.05) is 5.02 Å². The van der Waals surface area contributed by atoms with Crippen molar-refractivity contribution in [2.75, 3.05) is 10.0 Å². The minimum Gasteiger partial charge on any atom is -0.479 e. The number of hydrogen-bond acceptors (Lipinski definition) is 4. The predicted octanol–water partition coefficient (Wildman–Crippen LogP) is 4.17. The zero-order chi connectivity index (χ0) is 18.4. The van der Waals surface area contributed by atoms with Gasteiger partial charge in [-0.25, -0.2) is 8.42 Å². The number of carbonyl (C=O) groups excluding carboxylic acids is 1. The summed E-state index contributed by atoms with van der Waals surface area (Å²) in [6, 6.07) is 6.84. The molecule has 0 bridgehead atoms. The van der Waals surface area contributed by atoms with Gasteiger partial charge in [-0.1, -0.05) is 34.8 Å². The molecule has 1 amide bonds. The molecule has 25 heavy (non-hydrogen) atoms.